The van der Waals surface area contributed by atoms with Gasteiger partial charge in [0.25, 0.3) is 0 Å². The summed E-state index contributed by atoms with van der Waals surface area (Å²) in [5.41, 5.74) is 8.12. The van der Waals surface area contributed by atoms with Crippen molar-refractivity contribution in [1.82, 2.24) is 20.0 Å². The SMILES string of the molecule is CC(C)(c1ccc(Oc2ccc(-n3nccn3)nc2)cc1)c1ccc(O[C@H]2C[C@@H](N)C2)cc1. The first-order valence-corrected chi connectivity index (χ1v) is 11.1. The van der Waals surface area contributed by atoms with Crippen LogP contribution in [0, 0.1) is 0 Å². The van der Waals surface area contributed by atoms with Gasteiger partial charge < -0.3 is 15.2 Å². The summed E-state index contributed by atoms with van der Waals surface area (Å²) in [6.07, 6.45) is 7.01. The van der Waals surface area contributed by atoms with Crippen LogP contribution in [0.5, 0.6) is 17.2 Å². The molecule has 2 aromatic heterocycles. The quantitative estimate of drug-likeness (QED) is 0.449. The molecule has 2 aromatic carbocycles. The fourth-order valence-corrected chi connectivity index (χ4v) is 3.97. The van der Waals surface area contributed by atoms with Gasteiger partial charge in [-0.15, -0.1) is 4.80 Å². The molecule has 0 atom stereocenters. The summed E-state index contributed by atoms with van der Waals surface area (Å²) >= 11 is 0. The van der Waals surface area contributed by atoms with Crippen LogP contribution in [-0.4, -0.2) is 32.1 Å². The number of ether oxygens (including phenoxy) is 2. The molecule has 0 aliphatic heterocycles. The zero-order valence-corrected chi connectivity index (χ0v) is 18.8. The molecule has 7 heteroatoms. The first kappa shape index (κ1) is 21.2. The van der Waals surface area contributed by atoms with E-state index in [0.29, 0.717) is 11.6 Å². The summed E-state index contributed by atoms with van der Waals surface area (Å²) in [6.45, 7) is 4.44. The Morgan fingerprint density at radius 1 is 0.818 bits per heavy atom. The van der Waals surface area contributed by atoms with Crippen molar-refractivity contribution in [2.24, 2.45) is 5.73 Å². The Morgan fingerprint density at radius 2 is 1.39 bits per heavy atom. The molecule has 1 aliphatic carbocycles. The Bertz CT molecular complexity index is 1180. The third-order valence-electron chi connectivity index (χ3n) is 6.17. The maximum absolute atomic E-state index is 5.98. The predicted octanol–water partition coefficient (Wildman–Crippen LogP) is 4.65. The highest BCUT2D eigenvalue weighted by Gasteiger charge is 2.28. The smallest absolute Gasteiger partial charge is 0.174 e. The summed E-state index contributed by atoms with van der Waals surface area (Å²) in [6, 6.07) is 20.5. The number of hydrogen-bond donors (Lipinski definition) is 1. The van der Waals surface area contributed by atoms with Gasteiger partial charge in [-0.05, 0) is 60.4 Å². The van der Waals surface area contributed by atoms with Gasteiger partial charge in [0.1, 0.15) is 23.4 Å². The molecule has 7 nitrogen and oxygen atoms in total. The van der Waals surface area contributed by atoms with Crippen LogP contribution in [0.4, 0.5) is 0 Å². The molecule has 1 aliphatic rings. The molecule has 33 heavy (non-hydrogen) atoms. The fraction of sp³-hybridized carbons (Fsp3) is 0.269. The Kier molecular flexibility index (Phi) is 5.56. The van der Waals surface area contributed by atoms with Crippen LogP contribution in [0.15, 0.2) is 79.3 Å². The summed E-state index contributed by atoms with van der Waals surface area (Å²) in [7, 11) is 0. The zero-order valence-electron chi connectivity index (χ0n) is 18.8. The molecule has 1 fully saturated rings. The maximum atomic E-state index is 5.98. The van der Waals surface area contributed by atoms with E-state index in [4.69, 9.17) is 15.2 Å². The van der Waals surface area contributed by atoms with Gasteiger partial charge in [-0.3, -0.25) is 0 Å². The lowest BCUT2D eigenvalue weighted by Gasteiger charge is -2.33. The molecular weight excluding hydrogens is 414 g/mol. The number of aromatic nitrogens is 4. The van der Waals surface area contributed by atoms with Crippen molar-refractivity contribution in [1.29, 1.82) is 0 Å². The van der Waals surface area contributed by atoms with Crippen LogP contribution in [0.25, 0.3) is 5.82 Å². The maximum Gasteiger partial charge on any atom is 0.174 e. The van der Waals surface area contributed by atoms with Crippen molar-refractivity contribution in [3.8, 4) is 23.1 Å². The minimum Gasteiger partial charge on any atom is -0.490 e. The van der Waals surface area contributed by atoms with Gasteiger partial charge in [0.05, 0.1) is 18.6 Å². The molecule has 1 saturated carbocycles. The van der Waals surface area contributed by atoms with Crippen molar-refractivity contribution in [3.05, 3.63) is 90.4 Å². The Labute approximate surface area is 193 Å². The third-order valence-corrected chi connectivity index (χ3v) is 6.17. The largest absolute Gasteiger partial charge is 0.490 e. The van der Waals surface area contributed by atoms with Gasteiger partial charge in [-0.1, -0.05) is 38.1 Å². The second-order valence-electron chi connectivity index (χ2n) is 8.92. The minimum absolute atomic E-state index is 0.157. The first-order chi connectivity index (χ1) is 16.0. The second-order valence-corrected chi connectivity index (χ2v) is 8.92. The van der Waals surface area contributed by atoms with E-state index < -0.39 is 0 Å². The summed E-state index contributed by atoms with van der Waals surface area (Å²) in [5, 5.41) is 8.15. The molecule has 0 unspecified atom stereocenters. The normalized spacial score (nSPS) is 17.9. The van der Waals surface area contributed by atoms with Crippen molar-refractivity contribution in [2.45, 2.75) is 44.2 Å². The van der Waals surface area contributed by atoms with Crippen LogP contribution >= 0.6 is 0 Å². The van der Waals surface area contributed by atoms with Gasteiger partial charge in [0.2, 0.25) is 0 Å². The van der Waals surface area contributed by atoms with E-state index in [-0.39, 0.29) is 17.6 Å². The van der Waals surface area contributed by atoms with E-state index in [9.17, 15) is 0 Å². The van der Waals surface area contributed by atoms with Gasteiger partial charge in [0, 0.05) is 11.5 Å². The van der Waals surface area contributed by atoms with E-state index in [2.05, 4.69) is 53.3 Å². The summed E-state index contributed by atoms with van der Waals surface area (Å²) in [5.74, 6) is 2.94. The first-order valence-electron chi connectivity index (χ1n) is 11.1. The lowest BCUT2D eigenvalue weighted by Crippen LogP contribution is -2.43. The van der Waals surface area contributed by atoms with E-state index in [1.54, 1.807) is 18.6 Å². The van der Waals surface area contributed by atoms with Crippen molar-refractivity contribution >= 4 is 0 Å². The average molecular weight is 442 g/mol. The number of nitrogens with zero attached hydrogens (tertiary/aromatic N) is 4. The van der Waals surface area contributed by atoms with E-state index >= 15 is 0 Å². The highest BCUT2D eigenvalue weighted by molar-refractivity contribution is 5.42. The number of nitrogens with two attached hydrogens (primary N) is 1. The number of rotatable bonds is 7. The predicted molar refractivity (Wildman–Crippen MR) is 126 cm³/mol. The average Bonchev–Trinajstić information content (AvgIpc) is 3.34. The Balaban J connectivity index is 1.24. The molecular formula is C26H27N5O2. The molecule has 0 radical (unpaired) electrons. The van der Waals surface area contributed by atoms with E-state index in [1.807, 2.05) is 36.4 Å². The van der Waals surface area contributed by atoms with E-state index in [0.717, 1.165) is 24.3 Å². The van der Waals surface area contributed by atoms with Gasteiger partial charge in [-0.2, -0.15) is 10.2 Å². The van der Waals surface area contributed by atoms with Crippen molar-refractivity contribution < 1.29 is 9.47 Å². The molecule has 2 N–H and O–H groups in total. The highest BCUT2D eigenvalue weighted by Crippen LogP contribution is 2.34. The monoisotopic (exact) mass is 441 g/mol. The van der Waals surface area contributed by atoms with Crippen LogP contribution in [0.1, 0.15) is 37.8 Å². The third kappa shape index (κ3) is 4.59. The van der Waals surface area contributed by atoms with Crippen LogP contribution < -0.4 is 15.2 Å². The van der Waals surface area contributed by atoms with Crippen LogP contribution in [0.3, 0.4) is 0 Å². The van der Waals surface area contributed by atoms with Crippen molar-refractivity contribution in [2.75, 3.05) is 0 Å². The number of hydrogen-bond acceptors (Lipinski definition) is 6. The highest BCUT2D eigenvalue weighted by atomic mass is 16.5. The molecule has 0 amide bonds. The van der Waals surface area contributed by atoms with Gasteiger partial charge in [-0.25, -0.2) is 4.98 Å². The molecule has 2 heterocycles. The standard InChI is InChI=1S/C26H27N5O2/c1-26(2,19-5-9-22(10-6-19)33-24-15-20(27)16-24)18-3-7-21(8-4-18)32-23-11-12-25(28-17-23)31-29-13-14-30-31/h3-14,17,20,24H,15-16,27H2,1-2H3/t20-,24+. The topological polar surface area (TPSA) is 88.1 Å². The van der Waals surface area contributed by atoms with Gasteiger partial charge in [0.15, 0.2) is 5.82 Å². The number of pyridine rings is 1. The van der Waals surface area contributed by atoms with Crippen LogP contribution in [-0.2, 0) is 5.41 Å². The molecule has 5 rings (SSSR count). The lowest BCUT2D eigenvalue weighted by molar-refractivity contribution is 0.101. The summed E-state index contributed by atoms with van der Waals surface area (Å²) in [4.78, 5) is 5.81. The molecule has 0 bridgehead atoms. The van der Waals surface area contributed by atoms with Crippen molar-refractivity contribution in [3.63, 3.8) is 0 Å². The molecule has 0 saturated heterocycles. The zero-order chi connectivity index (χ0) is 22.8. The van der Waals surface area contributed by atoms with Crippen LogP contribution in [0.2, 0.25) is 0 Å². The second kappa shape index (κ2) is 8.67. The Morgan fingerprint density at radius 3 is 1.94 bits per heavy atom. The fourth-order valence-electron chi connectivity index (χ4n) is 3.97. The molecule has 0 spiro atoms. The molecule has 4 aromatic rings. The molecule has 168 valence electrons. The number of benzene rings is 2. The minimum atomic E-state index is -0.157. The lowest BCUT2D eigenvalue weighted by atomic mass is 9.78. The van der Waals surface area contributed by atoms with Gasteiger partial charge >= 0.3 is 0 Å². The van der Waals surface area contributed by atoms with E-state index in [1.165, 1.54) is 15.9 Å². The summed E-state index contributed by atoms with van der Waals surface area (Å²) < 4.78 is 11.9. The Hall–Kier alpha value is -3.71.